The average Bonchev–Trinajstić information content (AvgIpc) is 2.09. The van der Waals surface area contributed by atoms with Gasteiger partial charge in [0.1, 0.15) is 5.82 Å². The van der Waals surface area contributed by atoms with E-state index >= 15 is 0 Å². The van der Waals surface area contributed by atoms with Crippen molar-refractivity contribution in [1.82, 2.24) is 0 Å². The van der Waals surface area contributed by atoms with Gasteiger partial charge >= 0.3 is 7.12 Å². The largest absolute Gasteiger partial charge is 0.488 e. The molecule has 0 saturated heterocycles. The first kappa shape index (κ1) is 10.5. The fourth-order valence-electron chi connectivity index (χ4n) is 1.08. The van der Waals surface area contributed by atoms with Gasteiger partial charge < -0.3 is 10.0 Å². The molecule has 0 unspecified atom stereocenters. The molecule has 13 heavy (non-hydrogen) atoms. The predicted molar refractivity (Wildman–Crippen MR) is 50.6 cm³/mol. The van der Waals surface area contributed by atoms with Crippen molar-refractivity contribution >= 4 is 24.2 Å². The fourth-order valence-corrected chi connectivity index (χ4v) is 1.32. The summed E-state index contributed by atoms with van der Waals surface area (Å²) in [6.07, 6.45) is 0.464. The monoisotopic (exact) mass is 202 g/mol. The molecule has 0 heterocycles. The molecule has 0 radical (unpaired) electrons. The van der Waals surface area contributed by atoms with E-state index in [0.717, 1.165) is 0 Å². The van der Waals surface area contributed by atoms with Crippen LogP contribution >= 0.6 is 11.6 Å². The van der Waals surface area contributed by atoms with Crippen LogP contribution in [0.4, 0.5) is 4.39 Å². The summed E-state index contributed by atoms with van der Waals surface area (Å²) in [5.74, 6) is -0.492. The van der Waals surface area contributed by atoms with Crippen LogP contribution in [0.15, 0.2) is 12.1 Å². The maximum absolute atomic E-state index is 13.2. The fraction of sp³-hybridized carbons (Fsp3) is 0.250. The van der Waals surface area contributed by atoms with Crippen LogP contribution in [0, 0.1) is 5.82 Å². The minimum atomic E-state index is -1.61. The van der Waals surface area contributed by atoms with Gasteiger partial charge in [0.2, 0.25) is 0 Å². The summed E-state index contributed by atoms with van der Waals surface area (Å²) in [5.41, 5.74) is 0.596. The molecule has 1 aromatic rings. The van der Waals surface area contributed by atoms with Crippen molar-refractivity contribution in [3.05, 3.63) is 28.5 Å². The highest BCUT2D eigenvalue weighted by atomic mass is 35.5. The molecule has 0 fully saturated rings. The summed E-state index contributed by atoms with van der Waals surface area (Å²) in [6, 6.07) is 2.60. The molecule has 0 spiro atoms. The van der Waals surface area contributed by atoms with Crippen LogP contribution in [0.2, 0.25) is 5.02 Å². The van der Waals surface area contributed by atoms with Crippen molar-refractivity contribution in [2.75, 3.05) is 0 Å². The second kappa shape index (κ2) is 4.09. The molecule has 0 aliphatic carbocycles. The van der Waals surface area contributed by atoms with Gasteiger partial charge in [-0.25, -0.2) is 4.39 Å². The lowest BCUT2D eigenvalue weighted by Crippen LogP contribution is -2.30. The standard InChI is InChI=1S/C8H9BClFO2/c1-2-5-3-6(9(12)13)4-7(10)8(5)11/h3-4,12-13H,2H2,1H3. The van der Waals surface area contributed by atoms with Crippen LogP contribution in [0.5, 0.6) is 0 Å². The van der Waals surface area contributed by atoms with E-state index < -0.39 is 12.9 Å². The van der Waals surface area contributed by atoms with Gasteiger partial charge in [-0.15, -0.1) is 0 Å². The average molecular weight is 202 g/mol. The molecule has 0 amide bonds. The van der Waals surface area contributed by atoms with E-state index in [4.69, 9.17) is 21.6 Å². The van der Waals surface area contributed by atoms with Gasteiger partial charge in [-0.05, 0) is 23.5 Å². The summed E-state index contributed by atoms with van der Waals surface area (Å²) in [5, 5.41) is 17.6. The van der Waals surface area contributed by atoms with E-state index in [9.17, 15) is 4.39 Å². The predicted octanol–water partition coefficient (Wildman–Crippen LogP) is 0.721. The Balaban J connectivity index is 3.22. The summed E-state index contributed by atoms with van der Waals surface area (Å²) < 4.78 is 13.2. The minimum absolute atomic E-state index is 0.0811. The van der Waals surface area contributed by atoms with Crippen molar-refractivity contribution in [3.8, 4) is 0 Å². The quantitative estimate of drug-likeness (QED) is 0.694. The molecule has 5 heteroatoms. The molecular formula is C8H9BClFO2. The van der Waals surface area contributed by atoms with Crippen LogP contribution in [0.3, 0.4) is 0 Å². The topological polar surface area (TPSA) is 40.5 Å². The first-order chi connectivity index (χ1) is 6.06. The van der Waals surface area contributed by atoms with Crippen molar-refractivity contribution < 1.29 is 14.4 Å². The van der Waals surface area contributed by atoms with Crippen LogP contribution < -0.4 is 5.46 Å². The Morgan fingerprint density at radius 1 is 1.46 bits per heavy atom. The summed E-state index contributed by atoms with van der Waals surface area (Å²) in [7, 11) is -1.61. The van der Waals surface area contributed by atoms with Gasteiger partial charge in [0, 0.05) is 0 Å². The zero-order chi connectivity index (χ0) is 10.0. The summed E-state index contributed by atoms with van der Waals surface area (Å²) in [6.45, 7) is 1.77. The zero-order valence-corrected chi connectivity index (χ0v) is 7.85. The van der Waals surface area contributed by atoms with Crippen LogP contribution in [0.25, 0.3) is 0 Å². The number of rotatable bonds is 2. The highest BCUT2D eigenvalue weighted by Gasteiger charge is 2.15. The van der Waals surface area contributed by atoms with Crippen molar-refractivity contribution in [1.29, 1.82) is 0 Å². The molecule has 2 nitrogen and oxygen atoms in total. The first-order valence-corrected chi connectivity index (χ1v) is 4.28. The number of hydrogen-bond acceptors (Lipinski definition) is 2. The lowest BCUT2D eigenvalue weighted by atomic mass is 9.79. The highest BCUT2D eigenvalue weighted by Crippen LogP contribution is 2.17. The van der Waals surface area contributed by atoms with Gasteiger partial charge in [-0.2, -0.15) is 0 Å². The lowest BCUT2D eigenvalue weighted by Gasteiger charge is -2.05. The first-order valence-electron chi connectivity index (χ1n) is 3.90. The second-order valence-electron chi connectivity index (χ2n) is 2.70. The third kappa shape index (κ3) is 2.21. The molecule has 0 aromatic heterocycles. The molecule has 0 atom stereocenters. The van der Waals surface area contributed by atoms with Crippen molar-refractivity contribution in [2.24, 2.45) is 0 Å². The molecule has 2 N–H and O–H groups in total. The molecule has 0 saturated carbocycles. The summed E-state index contributed by atoms with van der Waals surface area (Å²) >= 11 is 5.54. The highest BCUT2D eigenvalue weighted by molar-refractivity contribution is 6.59. The van der Waals surface area contributed by atoms with Crippen molar-refractivity contribution in [2.45, 2.75) is 13.3 Å². The Bertz CT molecular complexity index is 317. The van der Waals surface area contributed by atoms with Crippen molar-refractivity contribution in [3.63, 3.8) is 0 Å². The Kier molecular flexibility index (Phi) is 3.30. The second-order valence-corrected chi connectivity index (χ2v) is 3.11. The van der Waals surface area contributed by atoms with Gasteiger partial charge in [-0.1, -0.05) is 24.6 Å². The van der Waals surface area contributed by atoms with Gasteiger partial charge in [0.15, 0.2) is 0 Å². The van der Waals surface area contributed by atoms with Crippen LogP contribution in [-0.2, 0) is 6.42 Å². The zero-order valence-electron chi connectivity index (χ0n) is 7.09. The Hall–Kier alpha value is -0.575. The molecular weight excluding hydrogens is 193 g/mol. The van der Waals surface area contributed by atoms with E-state index in [1.54, 1.807) is 6.92 Å². The smallest absolute Gasteiger partial charge is 0.423 e. The van der Waals surface area contributed by atoms with E-state index in [1.165, 1.54) is 12.1 Å². The van der Waals surface area contributed by atoms with Gasteiger partial charge in [0.05, 0.1) is 5.02 Å². The van der Waals surface area contributed by atoms with E-state index in [0.29, 0.717) is 12.0 Å². The number of benzene rings is 1. The molecule has 0 bridgehead atoms. The SMILES string of the molecule is CCc1cc(B(O)O)cc(Cl)c1F. The maximum Gasteiger partial charge on any atom is 0.488 e. The third-order valence-corrected chi connectivity index (χ3v) is 2.08. The van der Waals surface area contributed by atoms with Crippen LogP contribution in [-0.4, -0.2) is 17.2 Å². The molecule has 0 aliphatic heterocycles. The Morgan fingerprint density at radius 2 is 2.08 bits per heavy atom. The number of hydrogen-bond donors (Lipinski definition) is 2. The lowest BCUT2D eigenvalue weighted by molar-refractivity contribution is 0.425. The molecule has 1 rings (SSSR count). The van der Waals surface area contributed by atoms with Gasteiger partial charge in [-0.3, -0.25) is 0 Å². The Morgan fingerprint density at radius 3 is 2.54 bits per heavy atom. The normalized spacial score (nSPS) is 10.2. The minimum Gasteiger partial charge on any atom is -0.423 e. The Labute approximate surface area is 81.1 Å². The summed E-state index contributed by atoms with van der Waals surface area (Å²) in [4.78, 5) is 0. The number of halogens is 2. The number of aryl methyl sites for hydroxylation is 1. The third-order valence-electron chi connectivity index (χ3n) is 1.80. The van der Waals surface area contributed by atoms with Crippen LogP contribution in [0.1, 0.15) is 12.5 Å². The molecule has 0 aliphatic rings. The van der Waals surface area contributed by atoms with E-state index in [1.807, 2.05) is 0 Å². The van der Waals surface area contributed by atoms with Gasteiger partial charge in [0.25, 0.3) is 0 Å². The van der Waals surface area contributed by atoms with E-state index in [-0.39, 0.29) is 10.5 Å². The van der Waals surface area contributed by atoms with E-state index in [2.05, 4.69) is 0 Å². The maximum atomic E-state index is 13.2. The molecule has 1 aromatic carbocycles. The molecule has 70 valence electrons.